The molecule has 1 aliphatic heterocycles. The fourth-order valence-corrected chi connectivity index (χ4v) is 2.07. The van der Waals surface area contributed by atoms with Crippen LogP contribution in [0.5, 0.6) is 0 Å². The molecular weight excluding hydrogens is 255 g/mol. The molecule has 1 amide bonds. The van der Waals surface area contributed by atoms with Gasteiger partial charge in [-0.3, -0.25) is 4.79 Å². The van der Waals surface area contributed by atoms with Crippen LogP contribution in [0.1, 0.15) is 19.8 Å². The van der Waals surface area contributed by atoms with Crippen LogP contribution >= 0.6 is 12.4 Å². The molecular formula is C13H18ClFN2O. The number of amides is 1. The molecule has 0 spiro atoms. The SMILES string of the molecule is CC1(C(=O)Nc2ccc(F)cc2)CCCNC1.Cl. The smallest absolute Gasteiger partial charge is 0.231 e. The first-order valence-corrected chi connectivity index (χ1v) is 5.88. The molecule has 1 aromatic carbocycles. The summed E-state index contributed by atoms with van der Waals surface area (Å²) in [5.74, 6) is -0.301. The number of hydrogen-bond acceptors (Lipinski definition) is 2. The van der Waals surface area contributed by atoms with E-state index in [2.05, 4.69) is 10.6 Å². The molecule has 5 heteroatoms. The Hall–Kier alpha value is -1.13. The van der Waals surface area contributed by atoms with Crippen molar-refractivity contribution in [2.24, 2.45) is 5.41 Å². The van der Waals surface area contributed by atoms with Crippen LogP contribution in [0.3, 0.4) is 0 Å². The summed E-state index contributed by atoms with van der Waals surface area (Å²) >= 11 is 0. The maximum Gasteiger partial charge on any atom is 0.231 e. The van der Waals surface area contributed by atoms with Crippen LogP contribution < -0.4 is 10.6 Å². The third-order valence-corrected chi connectivity index (χ3v) is 3.25. The number of carbonyl (C=O) groups excluding carboxylic acids is 1. The van der Waals surface area contributed by atoms with E-state index in [1.165, 1.54) is 12.1 Å². The average Bonchev–Trinajstić information content (AvgIpc) is 2.33. The maximum atomic E-state index is 12.7. The molecule has 18 heavy (non-hydrogen) atoms. The molecule has 1 fully saturated rings. The second-order valence-electron chi connectivity index (χ2n) is 4.80. The summed E-state index contributed by atoms with van der Waals surface area (Å²) in [5, 5.41) is 6.06. The van der Waals surface area contributed by atoms with Gasteiger partial charge in [-0.25, -0.2) is 4.39 Å². The van der Waals surface area contributed by atoms with E-state index < -0.39 is 0 Å². The van der Waals surface area contributed by atoms with Gasteiger partial charge in [-0.15, -0.1) is 12.4 Å². The first-order valence-electron chi connectivity index (χ1n) is 5.88. The Labute approximate surface area is 113 Å². The predicted octanol–water partition coefficient (Wildman–Crippen LogP) is 2.58. The third kappa shape index (κ3) is 3.43. The Bertz CT molecular complexity index is 402. The van der Waals surface area contributed by atoms with E-state index in [9.17, 15) is 9.18 Å². The summed E-state index contributed by atoms with van der Waals surface area (Å²) in [6, 6.07) is 5.84. The zero-order valence-electron chi connectivity index (χ0n) is 10.3. The molecule has 100 valence electrons. The minimum atomic E-state index is -0.368. The van der Waals surface area contributed by atoms with Crippen molar-refractivity contribution in [3.05, 3.63) is 30.1 Å². The van der Waals surface area contributed by atoms with Gasteiger partial charge in [-0.2, -0.15) is 0 Å². The standard InChI is InChI=1S/C13H17FN2O.ClH/c1-13(7-2-8-15-9-13)12(17)16-11-5-3-10(14)4-6-11;/h3-6,15H,2,7-9H2,1H3,(H,16,17);1H. The van der Waals surface area contributed by atoms with Crippen LogP contribution in [0.2, 0.25) is 0 Å². The zero-order chi connectivity index (χ0) is 12.3. The molecule has 0 radical (unpaired) electrons. The van der Waals surface area contributed by atoms with Crippen molar-refractivity contribution >= 4 is 24.0 Å². The largest absolute Gasteiger partial charge is 0.326 e. The van der Waals surface area contributed by atoms with Crippen molar-refractivity contribution < 1.29 is 9.18 Å². The Morgan fingerprint density at radius 1 is 1.39 bits per heavy atom. The monoisotopic (exact) mass is 272 g/mol. The van der Waals surface area contributed by atoms with Crippen LogP contribution in [-0.2, 0) is 4.79 Å². The quantitative estimate of drug-likeness (QED) is 0.869. The Kier molecular flexibility index (Phi) is 5.11. The molecule has 1 saturated heterocycles. The topological polar surface area (TPSA) is 41.1 Å². The van der Waals surface area contributed by atoms with Gasteiger partial charge in [0, 0.05) is 12.2 Å². The molecule has 0 aromatic heterocycles. The summed E-state index contributed by atoms with van der Waals surface area (Å²) in [7, 11) is 0. The molecule has 1 unspecified atom stereocenters. The summed E-state index contributed by atoms with van der Waals surface area (Å²) in [5.41, 5.74) is 0.273. The van der Waals surface area contributed by atoms with Crippen molar-refractivity contribution in [2.45, 2.75) is 19.8 Å². The van der Waals surface area contributed by atoms with Crippen molar-refractivity contribution in [1.29, 1.82) is 0 Å². The van der Waals surface area contributed by atoms with E-state index in [1.807, 2.05) is 6.92 Å². The summed E-state index contributed by atoms with van der Waals surface area (Å²) < 4.78 is 12.7. The van der Waals surface area contributed by atoms with Gasteiger partial charge in [0.2, 0.25) is 5.91 Å². The van der Waals surface area contributed by atoms with Crippen LogP contribution in [0.4, 0.5) is 10.1 Å². The summed E-state index contributed by atoms with van der Waals surface area (Å²) in [4.78, 5) is 12.1. The van der Waals surface area contributed by atoms with Crippen LogP contribution in [0, 0.1) is 11.2 Å². The van der Waals surface area contributed by atoms with Gasteiger partial charge in [0.25, 0.3) is 0 Å². The second-order valence-corrected chi connectivity index (χ2v) is 4.80. The normalized spacial score (nSPS) is 23.0. The number of anilines is 1. The number of halogens is 2. The number of rotatable bonds is 2. The number of nitrogens with one attached hydrogen (secondary N) is 2. The van der Waals surface area contributed by atoms with Crippen molar-refractivity contribution in [3.63, 3.8) is 0 Å². The van der Waals surface area contributed by atoms with Crippen LogP contribution in [0.15, 0.2) is 24.3 Å². The van der Waals surface area contributed by atoms with Gasteiger partial charge in [-0.05, 0) is 50.6 Å². The number of benzene rings is 1. The molecule has 0 saturated carbocycles. The highest BCUT2D eigenvalue weighted by Crippen LogP contribution is 2.27. The number of hydrogen-bond donors (Lipinski definition) is 2. The van der Waals surface area contributed by atoms with E-state index in [4.69, 9.17) is 0 Å². The summed E-state index contributed by atoms with van der Waals surface area (Å²) in [6.45, 7) is 3.62. The molecule has 1 aromatic rings. The molecule has 1 heterocycles. The highest BCUT2D eigenvalue weighted by atomic mass is 35.5. The first kappa shape index (κ1) is 14.9. The molecule has 1 atom stereocenters. The van der Waals surface area contributed by atoms with E-state index in [0.29, 0.717) is 12.2 Å². The average molecular weight is 273 g/mol. The number of piperidine rings is 1. The van der Waals surface area contributed by atoms with Gasteiger partial charge in [0.05, 0.1) is 5.41 Å². The molecule has 1 aliphatic rings. The minimum Gasteiger partial charge on any atom is -0.326 e. The van der Waals surface area contributed by atoms with Crippen molar-refractivity contribution in [2.75, 3.05) is 18.4 Å². The van der Waals surface area contributed by atoms with E-state index in [0.717, 1.165) is 19.4 Å². The van der Waals surface area contributed by atoms with Gasteiger partial charge in [0.1, 0.15) is 5.82 Å². The molecule has 3 nitrogen and oxygen atoms in total. The van der Waals surface area contributed by atoms with Crippen LogP contribution in [0.25, 0.3) is 0 Å². The molecule has 0 bridgehead atoms. The van der Waals surface area contributed by atoms with E-state index in [-0.39, 0.29) is 29.5 Å². The lowest BCUT2D eigenvalue weighted by Crippen LogP contribution is -2.46. The van der Waals surface area contributed by atoms with Gasteiger partial charge >= 0.3 is 0 Å². The first-order chi connectivity index (χ1) is 8.10. The minimum absolute atomic E-state index is 0. The fraction of sp³-hybridized carbons (Fsp3) is 0.462. The predicted molar refractivity (Wildman–Crippen MR) is 72.5 cm³/mol. The lowest BCUT2D eigenvalue weighted by molar-refractivity contribution is -0.125. The Morgan fingerprint density at radius 2 is 2.06 bits per heavy atom. The Morgan fingerprint density at radius 3 is 2.61 bits per heavy atom. The number of carbonyl (C=O) groups is 1. The zero-order valence-corrected chi connectivity index (χ0v) is 11.1. The Balaban J connectivity index is 0.00000162. The fourth-order valence-electron chi connectivity index (χ4n) is 2.07. The van der Waals surface area contributed by atoms with Gasteiger partial charge in [-0.1, -0.05) is 0 Å². The van der Waals surface area contributed by atoms with E-state index >= 15 is 0 Å². The molecule has 0 aliphatic carbocycles. The molecule has 2 N–H and O–H groups in total. The van der Waals surface area contributed by atoms with Crippen molar-refractivity contribution in [3.8, 4) is 0 Å². The molecule has 2 rings (SSSR count). The van der Waals surface area contributed by atoms with Gasteiger partial charge in [0.15, 0.2) is 0 Å². The van der Waals surface area contributed by atoms with Crippen molar-refractivity contribution in [1.82, 2.24) is 5.32 Å². The lowest BCUT2D eigenvalue weighted by atomic mass is 9.82. The third-order valence-electron chi connectivity index (χ3n) is 3.25. The second kappa shape index (κ2) is 6.16. The van der Waals surface area contributed by atoms with Gasteiger partial charge < -0.3 is 10.6 Å². The van der Waals surface area contributed by atoms with Crippen LogP contribution in [-0.4, -0.2) is 19.0 Å². The highest BCUT2D eigenvalue weighted by molar-refractivity contribution is 5.95. The maximum absolute atomic E-state index is 12.7. The summed E-state index contributed by atoms with van der Waals surface area (Å²) in [6.07, 6.45) is 1.89. The lowest BCUT2D eigenvalue weighted by Gasteiger charge is -2.32. The van der Waals surface area contributed by atoms with E-state index in [1.54, 1.807) is 12.1 Å². The highest BCUT2D eigenvalue weighted by Gasteiger charge is 2.34.